The summed E-state index contributed by atoms with van der Waals surface area (Å²) in [5.74, 6) is 0.913. The summed E-state index contributed by atoms with van der Waals surface area (Å²) in [6.07, 6.45) is 0.775. The fourth-order valence-corrected chi connectivity index (χ4v) is 2.66. The van der Waals surface area contributed by atoms with Crippen molar-refractivity contribution in [2.45, 2.75) is 25.4 Å². The Balaban J connectivity index is 1.72. The summed E-state index contributed by atoms with van der Waals surface area (Å²) in [4.78, 5) is 0. The van der Waals surface area contributed by atoms with Gasteiger partial charge < -0.3 is 5.11 Å². The fourth-order valence-electron chi connectivity index (χ4n) is 2.66. The average Bonchev–Trinajstić information content (AvgIpc) is 3.20. The zero-order chi connectivity index (χ0) is 12.5. The normalized spacial score (nSPS) is 23.7. The number of aliphatic hydroxyl groups excluding tert-OH is 1. The minimum atomic E-state index is -0.322. The van der Waals surface area contributed by atoms with Gasteiger partial charge in [0.05, 0.1) is 6.10 Å². The first-order valence-corrected chi connectivity index (χ1v) is 6.55. The lowest BCUT2D eigenvalue weighted by molar-refractivity contribution is 0.151. The molecule has 3 atom stereocenters. The molecule has 0 amide bonds. The van der Waals surface area contributed by atoms with Crippen LogP contribution < -0.4 is 0 Å². The number of hydrogen-bond acceptors (Lipinski definition) is 1. The molecule has 0 aliphatic heterocycles. The van der Waals surface area contributed by atoms with Gasteiger partial charge in [-0.05, 0) is 36.3 Å². The summed E-state index contributed by atoms with van der Waals surface area (Å²) in [7, 11) is 0. The second-order valence-electron chi connectivity index (χ2n) is 5.27. The molecule has 1 fully saturated rings. The Morgan fingerprint density at radius 1 is 1.00 bits per heavy atom. The predicted molar refractivity (Wildman–Crippen MR) is 73.4 cm³/mol. The second-order valence-corrected chi connectivity index (χ2v) is 5.27. The molecule has 0 aromatic heterocycles. The highest BCUT2D eigenvalue weighted by Crippen LogP contribution is 2.53. The van der Waals surface area contributed by atoms with Crippen molar-refractivity contribution in [3.8, 4) is 0 Å². The highest BCUT2D eigenvalue weighted by molar-refractivity contribution is 5.31. The smallest absolute Gasteiger partial charge is 0.0824 e. The first-order chi connectivity index (χ1) is 8.75. The minimum Gasteiger partial charge on any atom is -0.388 e. The molecule has 0 heterocycles. The van der Waals surface area contributed by atoms with Crippen LogP contribution in [0.5, 0.6) is 0 Å². The van der Waals surface area contributed by atoms with Crippen LogP contribution in [0.2, 0.25) is 0 Å². The molecule has 1 aliphatic carbocycles. The highest BCUT2D eigenvalue weighted by Gasteiger charge is 2.43. The largest absolute Gasteiger partial charge is 0.388 e. The van der Waals surface area contributed by atoms with E-state index >= 15 is 0 Å². The molecule has 2 aromatic rings. The van der Waals surface area contributed by atoms with Crippen molar-refractivity contribution in [3.05, 3.63) is 71.3 Å². The van der Waals surface area contributed by atoms with E-state index in [1.165, 1.54) is 11.1 Å². The maximum Gasteiger partial charge on any atom is 0.0824 e. The van der Waals surface area contributed by atoms with Crippen LogP contribution in [0.1, 0.15) is 35.1 Å². The highest BCUT2D eigenvalue weighted by atomic mass is 16.3. The van der Waals surface area contributed by atoms with Gasteiger partial charge >= 0.3 is 0 Å². The van der Waals surface area contributed by atoms with Gasteiger partial charge in [-0.1, -0.05) is 60.2 Å². The first kappa shape index (κ1) is 11.5. The topological polar surface area (TPSA) is 20.2 Å². The summed E-state index contributed by atoms with van der Waals surface area (Å²) in [6, 6.07) is 18.7. The van der Waals surface area contributed by atoms with Crippen LogP contribution in [0.15, 0.2) is 54.6 Å². The van der Waals surface area contributed by atoms with E-state index in [9.17, 15) is 5.11 Å². The molecule has 0 saturated heterocycles. The Morgan fingerprint density at radius 2 is 1.67 bits per heavy atom. The third kappa shape index (κ3) is 2.19. The quantitative estimate of drug-likeness (QED) is 0.861. The Hall–Kier alpha value is -1.60. The van der Waals surface area contributed by atoms with Crippen molar-refractivity contribution in [3.63, 3.8) is 0 Å². The number of aryl methyl sites for hydroxylation is 1. The van der Waals surface area contributed by atoms with Crippen LogP contribution >= 0.6 is 0 Å². The van der Waals surface area contributed by atoms with Crippen LogP contribution in [0.4, 0.5) is 0 Å². The van der Waals surface area contributed by atoms with E-state index in [0.717, 1.165) is 12.0 Å². The van der Waals surface area contributed by atoms with Gasteiger partial charge in [-0.25, -0.2) is 0 Å². The monoisotopic (exact) mass is 238 g/mol. The summed E-state index contributed by atoms with van der Waals surface area (Å²) in [5, 5.41) is 10.3. The van der Waals surface area contributed by atoms with Gasteiger partial charge in [0.15, 0.2) is 0 Å². The molecule has 0 bridgehead atoms. The number of aliphatic hydroxyl groups is 1. The molecule has 2 aromatic carbocycles. The molecule has 1 aliphatic rings. The maximum atomic E-state index is 10.3. The van der Waals surface area contributed by atoms with Crippen molar-refractivity contribution in [2.24, 2.45) is 5.92 Å². The molecule has 1 N–H and O–H groups in total. The molecule has 92 valence electrons. The SMILES string of the molecule is Cc1ccc(C2CC2C(O)c2ccccc2)cc1. The summed E-state index contributed by atoms with van der Waals surface area (Å²) < 4.78 is 0. The third-order valence-electron chi connectivity index (χ3n) is 3.89. The van der Waals surface area contributed by atoms with Crippen molar-refractivity contribution >= 4 is 0 Å². The van der Waals surface area contributed by atoms with Crippen molar-refractivity contribution in [1.29, 1.82) is 0 Å². The van der Waals surface area contributed by atoms with Gasteiger partial charge in [-0.15, -0.1) is 0 Å². The lowest BCUT2D eigenvalue weighted by Crippen LogP contribution is -2.00. The van der Waals surface area contributed by atoms with E-state index < -0.39 is 0 Å². The molecule has 1 heteroatoms. The Morgan fingerprint density at radius 3 is 2.33 bits per heavy atom. The van der Waals surface area contributed by atoms with Gasteiger partial charge in [-0.3, -0.25) is 0 Å². The molecular weight excluding hydrogens is 220 g/mol. The van der Waals surface area contributed by atoms with Crippen molar-refractivity contribution in [2.75, 3.05) is 0 Å². The average molecular weight is 238 g/mol. The molecule has 0 spiro atoms. The number of benzene rings is 2. The minimum absolute atomic E-state index is 0.322. The Bertz CT molecular complexity index is 515. The molecular formula is C17H18O. The van der Waals surface area contributed by atoms with Gasteiger partial charge in [-0.2, -0.15) is 0 Å². The number of rotatable bonds is 3. The zero-order valence-corrected chi connectivity index (χ0v) is 10.6. The molecule has 18 heavy (non-hydrogen) atoms. The zero-order valence-electron chi connectivity index (χ0n) is 10.6. The lowest BCUT2D eigenvalue weighted by Gasteiger charge is -2.10. The Kier molecular flexibility index (Phi) is 2.92. The summed E-state index contributed by atoms with van der Waals surface area (Å²) in [5.41, 5.74) is 3.69. The molecule has 0 radical (unpaired) electrons. The van der Waals surface area contributed by atoms with Crippen LogP contribution in [0.25, 0.3) is 0 Å². The van der Waals surface area contributed by atoms with Crippen molar-refractivity contribution in [1.82, 2.24) is 0 Å². The molecule has 1 nitrogen and oxygen atoms in total. The van der Waals surface area contributed by atoms with Gasteiger partial charge in [0.1, 0.15) is 0 Å². The molecule has 3 unspecified atom stereocenters. The lowest BCUT2D eigenvalue weighted by atomic mass is 10.0. The van der Waals surface area contributed by atoms with Crippen LogP contribution in [-0.4, -0.2) is 5.11 Å². The molecule has 1 saturated carbocycles. The van der Waals surface area contributed by atoms with Gasteiger partial charge in [0.2, 0.25) is 0 Å². The van der Waals surface area contributed by atoms with Crippen molar-refractivity contribution < 1.29 is 5.11 Å². The van der Waals surface area contributed by atoms with Crippen LogP contribution in [0.3, 0.4) is 0 Å². The van der Waals surface area contributed by atoms with Crippen LogP contribution in [-0.2, 0) is 0 Å². The number of hydrogen-bond donors (Lipinski definition) is 1. The van der Waals surface area contributed by atoms with E-state index in [1.807, 2.05) is 30.3 Å². The molecule has 3 rings (SSSR count). The van der Waals surface area contributed by atoms with Crippen LogP contribution in [0, 0.1) is 12.8 Å². The second kappa shape index (κ2) is 4.58. The van der Waals surface area contributed by atoms with E-state index in [4.69, 9.17) is 0 Å². The Labute approximate surface area is 108 Å². The van der Waals surface area contributed by atoms with E-state index in [0.29, 0.717) is 11.8 Å². The van der Waals surface area contributed by atoms with Gasteiger partial charge in [0, 0.05) is 0 Å². The third-order valence-corrected chi connectivity index (χ3v) is 3.89. The van der Waals surface area contributed by atoms with E-state index in [-0.39, 0.29) is 6.10 Å². The summed E-state index contributed by atoms with van der Waals surface area (Å²) >= 11 is 0. The van der Waals surface area contributed by atoms with Gasteiger partial charge in [0.25, 0.3) is 0 Å². The first-order valence-electron chi connectivity index (χ1n) is 6.55. The van der Waals surface area contributed by atoms with E-state index in [1.54, 1.807) is 0 Å². The maximum absolute atomic E-state index is 10.3. The predicted octanol–water partition coefficient (Wildman–Crippen LogP) is 3.83. The summed E-state index contributed by atoms with van der Waals surface area (Å²) in [6.45, 7) is 2.10. The fraction of sp³-hybridized carbons (Fsp3) is 0.294. The standard InChI is InChI=1S/C17H18O/c1-12-7-9-13(10-8-12)15-11-16(15)17(18)14-5-3-2-4-6-14/h2-10,15-18H,11H2,1H3. The van der Waals surface area contributed by atoms with E-state index in [2.05, 4.69) is 31.2 Å².